The van der Waals surface area contributed by atoms with Gasteiger partial charge >= 0.3 is 5.97 Å². The van der Waals surface area contributed by atoms with Gasteiger partial charge in [-0.25, -0.2) is 8.42 Å². The Morgan fingerprint density at radius 2 is 1.67 bits per heavy atom. The van der Waals surface area contributed by atoms with Crippen LogP contribution in [0.15, 0.2) is 35.2 Å². The lowest BCUT2D eigenvalue weighted by Gasteiger charge is -2.21. The van der Waals surface area contributed by atoms with Gasteiger partial charge in [0.1, 0.15) is 10.9 Å². The highest BCUT2D eigenvalue weighted by atomic mass is 32.2. The van der Waals surface area contributed by atoms with Gasteiger partial charge in [0.15, 0.2) is 23.1 Å². The van der Waals surface area contributed by atoms with E-state index >= 15 is 0 Å². The molecule has 158 valence electrons. The highest BCUT2D eigenvalue weighted by Crippen LogP contribution is 2.42. The van der Waals surface area contributed by atoms with Crippen LogP contribution in [0.1, 0.15) is 38.3 Å². The van der Waals surface area contributed by atoms with Crippen LogP contribution in [0.2, 0.25) is 0 Å². The molecule has 0 spiro atoms. The minimum atomic E-state index is -4.65. The van der Waals surface area contributed by atoms with Crippen molar-refractivity contribution < 1.29 is 38.1 Å². The maximum absolute atomic E-state index is 12.8. The molecule has 0 amide bonds. The van der Waals surface area contributed by atoms with Gasteiger partial charge in [-0.15, -0.1) is 0 Å². The zero-order valence-electron chi connectivity index (χ0n) is 15.6. The van der Waals surface area contributed by atoms with Gasteiger partial charge in [-0.2, -0.15) is 16.5 Å². The zero-order chi connectivity index (χ0) is 22.2. The molecule has 2 aromatic carbocycles. The number of carbonyl (C=O) groups is 3. The molecule has 2 aromatic rings. The second kappa shape index (κ2) is 8.09. The molecule has 30 heavy (non-hydrogen) atoms. The molecule has 0 saturated carbocycles. The number of phenols is 2. The Labute approximate surface area is 175 Å². The number of carboxylic acids is 1. The number of benzene rings is 2. The van der Waals surface area contributed by atoms with Crippen LogP contribution in [0, 0.1) is 0 Å². The van der Waals surface area contributed by atoms with Crippen LogP contribution in [0.3, 0.4) is 0 Å². The summed E-state index contributed by atoms with van der Waals surface area (Å²) in [6.45, 7) is 0. The van der Waals surface area contributed by atoms with Crippen molar-refractivity contribution in [1.82, 2.24) is 4.72 Å². The standard InChI is InChI=1S/C19H17NO8S2/c1-29-7-6-12(19(25)26)20-30(27,28)13-8-11-14(18(24)17(13)23)16(22)10-5-3-2-4-9(10)15(11)21/h2-5,8,12,20,23-24H,6-7H2,1H3,(H,25,26). The number of thioether (sulfide) groups is 1. The maximum atomic E-state index is 12.8. The van der Waals surface area contributed by atoms with E-state index in [-0.39, 0.29) is 17.5 Å². The smallest absolute Gasteiger partial charge is 0.321 e. The molecule has 1 aliphatic rings. The van der Waals surface area contributed by atoms with Crippen molar-refractivity contribution in [2.24, 2.45) is 0 Å². The predicted octanol–water partition coefficient (Wildman–Crippen LogP) is 1.36. The lowest BCUT2D eigenvalue weighted by molar-refractivity contribution is -0.139. The molecule has 0 fully saturated rings. The Balaban J connectivity index is 2.12. The molecule has 9 nitrogen and oxygen atoms in total. The second-order valence-electron chi connectivity index (χ2n) is 6.49. The van der Waals surface area contributed by atoms with Crippen molar-refractivity contribution in [1.29, 1.82) is 0 Å². The van der Waals surface area contributed by atoms with E-state index in [1.54, 1.807) is 6.26 Å². The van der Waals surface area contributed by atoms with Gasteiger partial charge in [-0.3, -0.25) is 14.4 Å². The van der Waals surface area contributed by atoms with E-state index in [0.29, 0.717) is 5.75 Å². The van der Waals surface area contributed by atoms with Crippen molar-refractivity contribution >= 4 is 39.3 Å². The average molecular weight is 451 g/mol. The zero-order valence-corrected chi connectivity index (χ0v) is 17.2. The number of rotatable bonds is 7. The van der Waals surface area contributed by atoms with Gasteiger partial charge in [0.2, 0.25) is 10.0 Å². The number of aliphatic carboxylic acids is 1. The summed E-state index contributed by atoms with van der Waals surface area (Å²) in [6, 6.07) is 5.10. The van der Waals surface area contributed by atoms with Gasteiger partial charge in [0.05, 0.1) is 5.56 Å². The Kier molecular flexibility index (Phi) is 5.88. The molecule has 3 rings (SSSR count). The number of nitrogens with one attached hydrogen (secondary N) is 1. The van der Waals surface area contributed by atoms with Crippen molar-refractivity contribution in [3.63, 3.8) is 0 Å². The molecule has 0 heterocycles. The van der Waals surface area contributed by atoms with E-state index in [1.165, 1.54) is 36.0 Å². The molecular formula is C19H17NO8S2. The highest BCUT2D eigenvalue weighted by molar-refractivity contribution is 7.98. The van der Waals surface area contributed by atoms with Gasteiger partial charge in [-0.1, -0.05) is 24.3 Å². The minimum Gasteiger partial charge on any atom is -0.504 e. The fourth-order valence-electron chi connectivity index (χ4n) is 3.13. The van der Waals surface area contributed by atoms with Gasteiger partial charge in [0.25, 0.3) is 0 Å². The van der Waals surface area contributed by atoms with E-state index in [2.05, 4.69) is 0 Å². The van der Waals surface area contributed by atoms with Crippen LogP contribution in [0.4, 0.5) is 0 Å². The molecule has 1 aliphatic carbocycles. The summed E-state index contributed by atoms with van der Waals surface area (Å²) in [5.74, 6) is -4.72. The first kappa shape index (κ1) is 21.8. The molecule has 0 aliphatic heterocycles. The van der Waals surface area contributed by atoms with E-state index < -0.39 is 61.1 Å². The SMILES string of the molecule is CSCCC(NS(=O)(=O)c1cc2c(c(O)c1O)C(=O)c1ccccc1C2=O)C(=O)O. The summed E-state index contributed by atoms with van der Waals surface area (Å²) in [6.07, 6.45) is 1.69. The lowest BCUT2D eigenvalue weighted by atomic mass is 9.83. The first-order valence-electron chi connectivity index (χ1n) is 8.61. The third kappa shape index (κ3) is 3.66. The fraction of sp³-hybridized carbons (Fsp3) is 0.211. The number of carbonyl (C=O) groups excluding carboxylic acids is 2. The Bertz CT molecular complexity index is 1170. The molecule has 4 N–H and O–H groups in total. The largest absolute Gasteiger partial charge is 0.504 e. The number of ketones is 2. The van der Waals surface area contributed by atoms with Crippen LogP contribution >= 0.6 is 11.8 Å². The second-order valence-corrected chi connectivity index (χ2v) is 9.16. The Morgan fingerprint density at radius 3 is 2.23 bits per heavy atom. The van der Waals surface area contributed by atoms with Crippen LogP contribution in [-0.2, 0) is 14.8 Å². The molecule has 1 unspecified atom stereocenters. The van der Waals surface area contributed by atoms with E-state index in [0.717, 1.165) is 6.07 Å². The van der Waals surface area contributed by atoms with Gasteiger partial charge in [-0.05, 0) is 24.5 Å². The summed E-state index contributed by atoms with van der Waals surface area (Å²) in [5.41, 5.74) is -0.862. The third-order valence-corrected chi connectivity index (χ3v) is 6.75. The van der Waals surface area contributed by atoms with Gasteiger partial charge in [0, 0.05) is 16.7 Å². The normalized spacial score (nSPS) is 14.2. The topological polar surface area (TPSA) is 158 Å². The minimum absolute atomic E-state index is 0.0152. The number of aromatic hydroxyl groups is 2. The molecule has 0 bridgehead atoms. The monoisotopic (exact) mass is 451 g/mol. The summed E-state index contributed by atoms with van der Waals surface area (Å²) < 4.78 is 27.5. The van der Waals surface area contributed by atoms with Gasteiger partial charge < -0.3 is 15.3 Å². The first-order valence-corrected chi connectivity index (χ1v) is 11.5. The van der Waals surface area contributed by atoms with E-state index in [9.17, 15) is 38.1 Å². The average Bonchev–Trinajstić information content (AvgIpc) is 2.70. The summed E-state index contributed by atoms with van der Waals surface area (Å²) in [7, 11) is -4.65. The molecule has 0 aromatic heterocycles. The molecule has 0 radical (unpaired) electrons. The molecule has 0 saturated heterocycles. The third-order valence-electron chi connectivity index (χ3n) is 4.62. The van der Waals surface area contributed by atoms with Crippen molar-refractivity contribution in [2.45, 2.75) is 17.4 Å². The van der Waals surface area contributed by atoms with Crippen molar-refractivity contribution in [2.75, 3.05) is 12.0 Å². The first-order chi connectivity index (χ1) is 14.1. The summed E-state index contributed by atoms with van der Waals surface area (Å²) in [4.78, 5) is 36.0. The fourth-order valence-corrected chi connectivity index (χ4v) is 4.94. The van der Waals surface area contributed by atoms with Crippen LogP contribution in [0.25, 0.3) is 0 Å². The van der Waals surface area contributed by atoms with Crippen LogP contribution in [0.5, 0.6) is 11.5 Å². The van der Waals surface area contributed by atoms with E-state index in [1.807, 2.05) is 4.72 Å². The maximum Gasteiger partial charge on any atom is 0.321 e. The Hall–Kier alpha value is -2.89. The molecule has 1 atom stereocenters. The number of hydrogen-bond donors (Lipinski definition) is 4. The number of sulfonamides is 1. The van der Waals surface area contributed by atoms with Crippen molar-refractivity contribution in [3.8, 4) is 11.5 Å². The predicted molar refractivity (Wildman–Crippen MR) is 108 cm³/mol. The van der Waals surface area contributed by atoms with Crippen LogP contribution in [-0.4, -0.2) is 59.3 Å². The summed E-state index contributed by atoms with van der Waals surface area (Å²) in [5, 5.41) is 29.9. The number of hydrogen-bond acceptors (Lipinski definition) is 8. The number of carboxylic acid groups (broad SMARTS) is 1. The number of phenolic OH excluding ortho intramolecular Hbond substituents is 2. The molecular weight excluding hydrogens is 434 g/mol. The Morgan fingerprint density at radius 1 is 1.07 bits per heavy atom. The quantitative estimate of drug-likeness (QED) is 0.389. The summed E-state index contributed by atoms with van der Waals surface area (Å²) >= 11 is 1.32. The number of fused-ring (bicyclic) bond motifs is 2. The molecule has 11 heteroatoms. The van der Waals surface area contributed by atoms with Crippen molar-refractivity contribution in [3.05, 3.63) is 52.6 Å². The van der Waals surface area contributed by atoms with E-state index in [4.69, 9.17) is 0 Å². The lowest BCUT2D eigenvalue weighted by Crippen LogP contribution is -2.41. The highest BCUT2D eigenvalue weighted by Gasteiger charge is 2.37. The van der Waals surface area contributed by atoms with Crippen LogP contribution < -0.4 is 4.72 Å².